The van der Waals surface area contributed by atoms with Crippen molar-refractivity contribution in [1.29, 1.82) is 0 Å². The van der Waals surface area contributed by atoms with Crippen LogP contribution in [0.2, 0.25) is 0 Å². The quantitative estimate of drug-likeness (QED) is 0.440. The van der Waals surface area contributed by atoms with E-state index >= 15 is 0 Å². The summed E-state index contributed by atoms with van der Waals surface area (Å²) >= 11 is 1.60. The fourth-order valence-corrected chi connectivity index (χ4v) is 4.34. The van der Waals surface area contributed by atoms with Gasteiger partial charge in [0, 0.05) is 17.4 Å². The molecule has 0 aliphatic heterocycles. The van der Waals surface area contributed by atoms with Crippen molar-refractivity contribution in [2.75, 3.05) is 5.73 Å². The largest absolute Gasteiger partial charge is 0.432 e. The summed E-state index contributed by atoms with van der Waals surface area (Å²) in [6.45, 7) is 3.39. The minimum atomic E-state index is -0.224. The highest BCUT2D eigenvalue weighted by Gasteiger charge is 2.26. The number of fused-ring (bicyclic) bond motifs is 2. The number of Topliss-reactive ketones (excluding diaryl/α,β-unsaturated/α-hetero) is 1. The van der Waals surface area contributed by atoms with E-state index in [2.05, 4.69) is 0 Å². The van der Waals surface area contributed by atoms with Gasteiger partial charge in [0.1, 0.15) is 0 Å². The molecular weight excluding hydrogens is 372 g/mol. The molecule has 5 aromatic rings. The predicted octanol–water partition coefficient (Wildman–Crippen LogP) is 4.99. The Labute approximate surface area is 164 Å². The van der Waals surface area contributed by atoms with Gasteiger partial charge in [0.2, 0.25) is 5.71 Å². The average molecular weight is 388 g/mol. The van der Waals surface area contributed by atoms with Crippen molar-refractivity contribution < 1.29 is 9.21 Å². The Morgan fingerprint density at radius 2 is 1.93 bits per heavy atom. The SMILES string of the molecule is CC(=O)c1oc2nc3c(c(C)nn3-c3ccccc3)c(-c3cccs3)c2c1N. The molecule has 0 spiro atoms. The maximum atomic E-state index is 12.0. The first kappa shape index (κ1) is 16.7. The molecular formula is C21H16N4O2S. The highest BCUT2D eigenvalue weighted by molar-refractivity contribution is 7.13. The van der Waals surface area contributed by atoms with Gasteiger partial charge in [-0.05, 0) is 30.5 Å². The summed E-state index contributed by atoms with van der Waals surface area (Å²) in [6, 6.07) is 13.8. The number of rotatable bonds is 3. The van der Waals surface area contributed by atoms with E-state index in [9.17, 15) is 4.79 Å². The second-order valence-corrected chi connectivity index (χ2v) is 7.52. The van der Waals surface area contributed by atoms with E-state index in [1.165, 1.54) is 6.92 Å². The van der Waals surface area contributed by atoms with Gasteiger partial charge in [-0.3, -0.25) is 4.79 Å². The number of pyridine rings is 1. The van der Waals surface area contributed by atoms with E-state index in [0.29, 0.717) is 22.4 Å². The van der Waals surface area contributed by atoms with Gasteiger partial charge < -0.3 is 10.2 Å². The first-order valence-electron chi connectivity index (χ1n) is 8.77. The van der Waals surface area contributed by atoms with E-state index in [4.69, 9.17) is 20.2 Å². The van der Waals surface area contributed by atoms with Crippen molar-refractivity contribution in [2.24, 2.45) is 0 Å². The predicted molar refractivity (Wildman–Crippen MR) is 111 cm³/mol. The third-order valence-electron chi connectivity index (χ3n) is 4.76. The topological polar surface area (TPSA) is 86.9 Å². The number of ketones is 1. The van der Waals surface area contributed by atoms with Crippen molar-refractivity contribution in [3.63, 3.8) is 0 Å². The number of carbonyl (C=O) groups is 1. The summed E-state index contributed by atoms with van der Waals surface area (Å²) < 4.78 is 7.58. The van der Waals surface area contributed by atoms with Gasteiger partial charge >= 0.3 is 0 Å². The van der Waals surface area contributed by atoms with Crippen molar-refractivity contribution in [1.82, 2.24) is 14.8 Å². The van der Waals surface area contributed by atoms with E-state index in [0.717, 1.165) is 27.2 Å². The number of nitrogens with two attached hydrogens (primary N) is 1. The molecule has 7 heteroatoms. The van der Waals surface area contributed by atoms with Gasteiger partial charge in [-0.15, -0.1) is 11.3 Å². The standard InChI is InChI=1S/C21H16N4O2S/c1-11-15-16(14-9-6-10-28-14)17-18(22)19(12(2)26)27-21(17)23-20(15)25(24-11)13-7-4-3-5-8-13/h3-10H,22H2,1-2H3. The van der Waals surface area contributed by atoms with E-state index in [-0.39, 0.29) is 11.5 Å². The van der Waals surface area contributed by atoms with Crippen LogP contribution in [-0.4, -0.2) is 20.5 Å². The van der Waals surface area contributed by atoms with Crippen LogP contribution in [0.3, 0.4) is 0 Å². The third kappa shape index (κ3) is 2.30. The molecule has 2 N–H and O–H groups in total. The number of thiophene rings is 1. The molecule has 28 heavy (non-hydrogen) atoms. The Morgan fingerprint density at radius 1 is 1.14 bits per heavy atom. The summed E-state index contributed by atoms with van der Waals surface area (Å²) in [5.74, 6) is -0.0806. The number of para-hydroxylation sites is 1. The van der Waals surface area contributed by atoms with Gasteiger partial charge in [0.05, 0.1) is 27.8 Å². The van der Waals surface area contributed by atoms with Crippen LogP contribution in [0.25, 0.3) is 38.3 Å². The lowest BCUT2D eigenvalue weighted by molar-refractivity contribution is 0.0990. The molecule has 0 unspecified atom stereocenters. The molecule has 0 bridgehead atoms. The van der Waals surface area contributed by atoms with Crippen LogP contribution < -0.4 is 5.73 Å². The number of hydrogen-bond donors (Lipinski definition) is 1. The van der Waals surface area contributed by atoms with Crippen LogP contribution >= 0.6 is 11.3 Å². The lowest BCUT2D eigenvalue weighted by Crippen LogP contribution is -1.98. The Balaban J connectivity index is 1.99. The number of nitrogens with zero attached hydrogens (tertiary/aromatic N) is 3. The lowest BCUT2D eigenvalue weighted by Gasteiger charge is -2.06. The first-order valence-corrected chi connectivity index (χ1v) is 9.65. The number of benzene rings is 1. The van der Waals surface area contributed by atoms with Crippen LogP contribution in [0.5, 0.6) is 0 Å². The molecule has 138 valence electrons. The summed E-state index contributed by atoms with van der Waals surface area (Å²) in [7, 11) is 0. The molecule has 5 rings (SSSR count). The third-order valence-corrected chi connectivity index (χ3v) is 5.65. The van der Waals surface area contributed by atoms with Crippen molar-refractivity contribution in [2.45, 2.75) is 13.8 Å². The molecule has 0 aliphatic rings. The molecule has 0 saturated heterocycles. The maximum absolute atomic E-state index is 12.0. The molecule has 0 atom stereocenters. The fraction of sp³-hybridized carbons (Fsp3) is 0.0952. The molecule has 4 aromatic heterocycles. The highest BCUT2D eigenvalue weighted by atomic mass is 32.1. The molecule has 0 amide bonds. The number of anilines is 1. The molecule has 0 radical (unpaired) electrons. The van der Waals surface area contributed by atoms with E-state index in [1.54, 1.807) is 16.0 Å². The normalized spacial score (nSPS) is 11.5. The van der Waals surface area contributed by atoms with Crippen LogP contribution in [0, 0.1) is 6.92 Å². The smallest absolute Gasteiger partial charge is 0.231 e. The van der Waals surface area contributed by atoms with Gasteiger partial charge in [-0.25, -0.2) is 4.68 Å². The Morgan fingerprint density at radius 3 is 2.61 bits per heavy atom. The number of hydrogen-bond acceptors (Lipinski definition) is 6. The summed E-state index contributed by atoms with van der Waals surface area (Å²) in [6.07, 6.45) is 0. The Kier molecular flexibility index (Phi) is 3.60. The van der Waals surface area contributed by atoms with Crippen molar-refractivity contribution >= 4 is 44.9 Å². The van der Waals surface area contributed by atoms with Gasteiger partial charge in [-0.2, -0.15) is 10.1 Å². The molecule has 0 fully saturated rings. The zero-order chi connectivity index (χ0) is 19.4. The zero-order valence-corrected chi connectivity index (χ0v) is 16.1. The number of aromatic nitrogens is 3. The zero-order valence-electron chi connectivity index (χ0n) is 15.3. The second kappa shape index (κ2) is 6.03. The number of furan rings is 1. The second-order valence-electron chi connectivity index (χ2n) is 6.58. The van der Waals surface area contributed by atoms with Gasteiger partial charge in [0.25, 0.3) is 0 Å². The minimum Gasteiger partial charge on any atom is -0.432 e. The van der Waals surface area contributed by atoms with E-state index in [1.807, 2.05) is 54.8 Å². The maximum Gasteiger partial charge on any atom is 0.231 e. The van der Waals surface area contributed by atoms with Crippen LogP contribution in [0.1, 0.15) is 23.2 Å². The molecule has 6 nitrogen and oxygen atoms in total. The Bertz CT molecular complexity index is 1350. The van der Waals surface area contributed by atoms with E-state index < -0.39 is 0 Å². The monoisotopic (exact) mass is 388 g/mol. The number of aryl methyl sites for hydroxylation is 1. The molecule has 4 heterocycles. The van der Waals surface area contributed by atoms with Crippen molar-refractivity contribution in [3.05, 3.63) is 59.3 Å². The Hall–Kier alpha value is -3.45. The first-order chi connectivity index (χ1) is 13.6. The number of carbonyl (C=O) groups excluding carboxylic acids is 1. The molecule has 1 aromatic carbocycles. The molecule has 0 saturated carbocycles. The number of nitrogen functional groups attached to an aromatic ring is 1. The highest BCUT2D eigenvalue weighted by Crippen LogP contribution is 2.43. The van der Waals surface area contributed by atoms with Crippen LogP contribution in [0.4, 0.5) is 5.69 Å². The summed E-state index contributed by atoms with van der Waals surface area (Å²) in [5.41, 5.74) is 10.3. The van der Waals surface area contributed by atoms with Crippen LogP contribution in [-0.2, 0) is 0 Å². The average Bonchev–Trinajstić information content (AvgIpc) is 3.40. The van der Waals surface area contributed by atoms with Gasteiger partial charge in [-0.1, -0.05) is 24.3 Å². The van der Waals surface area contributed by atoms with Gasteiger partial charge in [0.15, 0.2) is 17.2 Å². The van der Waals surface area contributed by atoms with Crippen molar-refractivity contribution in [3.8, 4) is 16.1 Å². The molecule has 0 aliphatic carbocycles. The summed E-state index contributed by atoms with van der Waals surface area (Å²) in [5, 5.41) is 8.30. The van der Waals surface area contributed by atoms with Crippen LogP contribution in [0.15, 0.2) is 52.3 Å². The lowest BCUT2D eigenvalue weighted by atomic mass is 10.0. The fourth-order valence-electron chi connectivity index (χ4n) is 3.56. The summed E-state index contributed by atoms with van der Waals surface area (Å²) in [4.78, 5) is 17.7. The minimum absolute atomic E-state index is 0.143.